The van der Waals surface area contributed by atoms with Crippen molar-refractivity contribution in [2.75, 3.05) is 17.4 Å². The summed E-state index contributed by atoms with van der Waals surface area (Å²) in [5.74, 6) is 0.321. The van der Waals surface area contributed by atoms with Gasteiger partial charge in [-0.3, -0.25) is 9.10 Å². The molecule has 3 aromatic rings. The fraction of sp³-hybridized carbons (Fsp3) is 0.269. The van der Waals surface area contributed by atoms with Crippen LogP contribution >= 0.6 is 0 Å². The first kappa shape index (κ1) is 22.1. The third-order valence-corrected chi connectivity index (χ3v) is 7.62. The molecule has 0 bridgehead atoms. The normalized spacial score (nSPS) is 16.5. The molecule has 0 radical (unpaired) electrons. The molecule has 1 saturated heterocycles. The van der Waals surface area contributed by atoms with Crippen LogP contribution in [-0.4, -0.2) is 32.3 Å². The molecule has 166 valence electrons. The van der Waals surface area contributed by atoms with E-state index in [1.54, 1.807) is 54.6 Å². The first-order valence-electron chi connectivity index (χ1n) is 11.0. The van der Waals surface area contributed by atoms with Gasteiger partial charge in [-0.15, -0.1) is 0 Å². The summed E-state index contributed by atoms with van der Waals surface area (Å²) in [4.78, 5) is 15.5. The van der Waals surface area contributed by atoms with Crippen molar-refractivity contribution in [3.63, 3.8) is 0 Å². The number of sulfonamides is 1. The highest BCUT2D eigenvalue weighted by atomic mass is 32.2. The minimum atomic E-state index is -3.89. The summed E-state index contributed by atoms with van der Waals surface area (Å²) in [5.41, 5.74) is 1.67. The Morgan fingerprint density at radius 2 is 1.56 bits per heavy atom. The number of hydrogen-bond donors (Lipinski definition) is 0. The van der Waals surface area contributed by atoms with Crippen molar-refractivity contribution in [3.8, 4) is 0 Å². The maximum absolute atomic E-state index is 13.7. The molecular formula is C26H28N2O3S. The first-order chi connectivity index (χ1) is 15.5. The Labute approximate surface area is 190 Å². The summed E-state index contributed by atoms with van der Waals surface area (Å²) in [5, 5.41) is 0. The van der Waals surface area contributed by atoms with Gasteiger partial charge in [-0.25, -0.2) is 8.42 Å². The van der Waals surface area contributed by atoms with E-state index < -0.39 is 10.0 Å². The van der Waals surface area contributed by atoms with Crippen molar-refractivity contribution < 1.29 is 13.2 Å². The molecule has 1 fully saturated rings. The number of hydrogen-bond acceptors (Lipinski definition) is 3. The summed E-state index contributed by atoms with van der Waals surface area (Å²) < 4.78 is 28.8. The van der Waals surface area contributed by atoms with Crippen LogP contribution in [0.3, 0.4) is 0 Å². The second-order valence-corrected chi connectivity index (χ2v) is 10.2. The largest absolute Gasteiger partial charge is 0.338 e. The predicted octanol–water partition coefficient (Wildman–Crippen LogP) is 4.95. The lowest BCUT2D eigenvalue weighted by Gasteiger charge is -2.33. The highest BCUT2D eigenvalue weighted by Gasteiger charge is 2.30. The van der Waals surface area contributed by atoms with E-state index in [9.17, 15) is 13.2 Å². The van der Waals surface area contributed by atoms with Crippen LogP contribution in [0.2, 0.25) is 0 Å². The molecule has 1 heterocycles. The monoisotopic (exact) mass is 448 g/mol. The number of benzene rings is 3. The summed E-state index contributed by atoms with van der Waals surface area (Å²) in [6, 6.07) is 24.9. The third kappa shape index (κ3) is 4.70. The standard InChI is InChI=1S/C26H28N2O3S/c1-21-11-10-18-27(19-21)26(29)24-16-8-9-17-25(24)28(20-22-12-4-2-5-13-22)32(30,31)23-14-6-3-7-15-23/h2-9,12-17,21H,10-11,18-20H2,1H3/t21-/m0/s1. The Bertz CT molecular complexity index is 1160. The van der Waals surface area contributed by atoms with E-state index in [1.807, 2.05) is 35.2 Å². The second-order valence-electron chi connectivity index (χ2n) is 8.33. The number of piperidine rings is 1. The van der Waals surface area contributed by atoms with Crippen molar-refractivity contribution in [1.29, 1.82) is 0 Å². The number of nitrogens with zero attached hydrogens (tertiary/aromatic N) is 2. The van der Waals surface area contributed by atoms with Gasteiger partial charge in [0.2, 0.25) is 0 Å². The van der Waals surface area contributed by atoms with Gasteiger partial charge in [0.05, 0.1) is 22.7 Å². The number of anilines is 1. The van der Waals surface area contributed by atoms with E-state index in [0.717, 1.165) is 18.4 Å². The third-order valence-electron chi connectivity index (χ3n) is 5.85. The molecule has 4 rings (SSSR count). The lowest BCUT2D eigenvalue weighted by atomic mass is 9.99. The van der Waals surface area contributed by atoms with Crippen LogP contribution in [0.15, 0.2) is 89.8 Å². The van der Waals surface area contributed by atoms with Gasteiger partial charge in [-0.2, -0.15) is 0 Å². The topological polar surface area (TPSA) is 57.7 Å². The van der Waals surface area contributed by atoms with E-state index in [0.29, 0.717) is 30.3 Å². The summed E-state index contributed by atoms with van der Waals surface area (Å²) in [7, 11) is -3.89. The van der Waals surface area contributed by atoms with Crippen LogP contribution in [0, 0.1) is 5.92 Å². The molecule has 32 heavy (non-hydrogen) atoms. The van der Waals surface area contributed by atoms with Gasteiger partial charge in [-0.1, -0.05) is 67.6 Å². The zero-order chi connectivity index (χ0) is 22.6. The predicted molar refractivity (Wildman–Crippen MR) is 127 cm³/mol. The fourth-order valence-electron chi connectivity index (χ4n) is 4.18. The molecule has 0 spiro atoms. The Hall–Kier alpha value is -3.12. The SMILES string of the molecule is C[C@H]1CCCN(C(=O)c2ccccc2N(Cc2ccccc2)S(=O)(=O)c2ccccc2)C1. The zero-order valence-corrected chi connectivity index (χ0v) is 19.0. The minimum absolute atomic E-state index is 0.117. The molecule has 0 aliphatic carbocycles. The lowest BCUT2D eigenvalue weighted by molar-refractivity contribution is 0.0684. The molecular weight excluding hydrogens is 420 g/mol. The Morgan fingerprint density at radius 3 is 2.25 bits per heavy atom. The molecule has 1 atom stereocenters. The second kappa shape index (κ2) is 9.57. The van der Waals surface area contributed by atoms with E-state index >= 15 is 0 Å². The number of para-hydroxylation sites is 1. The van der Waals surface area contributed by atoms with Crippen molar-refractivity contribution in [2.24, 2.45) is 5.92 Å². The van der Waals surface area contributed by atoms with Crippen molar-refractivity contribution in [1.82, 2.24) is 4.90 Å². The molecule has 6 heteroatoms. The Kier molecular flexibility index (Phi) is 6.61. The van der Waals surface area contributed by atoms with Gasteiger partial charge >= 0.3 is 0 Å². The lowest BCUT2D eigenvalue weighted by Crippen LogP contribution is -2.40. The summed E-state index contributed by atoms with van der Waals surface area (Å²) in [6.45, 7) is 3.67. The number of carbonyl (C=O) groups is 1. The van der Waals surface area contributed by atoms with Crippen LogP contribution in [0.25, 0.3) is 0 Å². The number of likely N-dealkylation sites (tertiary alicyclic amines) is 1. The Balaban J connectivity index is 1.79. The molecule has 5 nitrogen and oxygen atoms in total. The molecule has 1 amide bonds. The maximum atomic E-state index is 13.7. The maximum Gasteiger partial charge on any atom is 0.264 e. The van der Waals surface area contributed by atoms with Crippen LogP contribution < -0.4 is 4.31 Å². The molecule has 3 aromatic carbocycles. The quantitative estimate of drug-likeness (QED) is 0.536. The van der Waals surface area contributed by atoms with E-state index in [-0.39, 0.29) is 17.3 Å². The van der Waals surface area contributed by atoms with Crippen LogP contribution in [0.5, 0.6) is 0 Å². The number of rotatable bonds is 6. The average Bonchev–Trinajstić information content (AvgIpc) is 2.83. The van der Waals surface area contributed by atoms with Crippen molar-refractivity contribution in [3.05, 3.63) is 96.1 Å². The summed E-state index contributed by atoms with van der Waals surface area (Å²) >= 11 is 0. The first-order valence-corrected chi connectivity index (χ1v) is 12.4. The highest BCUT2D eigenvalue weighted by Crippen LogP contribution is 2.31. The van der Waals surface area contributed by atoms with Gasteiger partial charge < -0.3 is 4.90 Å². The van der Waals surface area contributed by atoms with Gasteiger partial charge in [0.1, 0.15) is 0 Å². The molecule has 0 unspecified atom stereocenters. The summed E-state index contributed by atoms with van der Waals surface area (Å²) in [6.07, 6.45) is 2.07. The van der Waals surface area contributed by atoms with Gasteiger partial charge in [0.25, 0.3) is 15.9 Å². The van der Waals surface area contributed by atoms with Gasteiger partial charge in [0.15, 0.2) is 0 Å². The number of carbonyl (C=O) groups excluding carboxylic acids is 1. The smallest absolute Gasteiger partial charge is 0.264 e. The van der Waals surface area contributed by atoms with Crippen LogP contribution in [0.4, 0.5) is 5.69 Å². The van der Waals surface area contributed by atoms with Crippen LogP contribution in [-0.2, 0) is 16.6 Å². The van der Waals surface area contributed by atoms with E-state index in [2.05, 4.69) is 6.92 Å². The molecule has 1 aliphatic rings. The molecule has 0 N–H and O–H groups in total. The van der Waals surface area contributed by atoms with Crippen LogP contribution in [0.1, 0.15) is 35.7 Å². The molecule has 0 aromatic heterocycles. The van der Waals surface area contributed by atoms with Gasteiger partial charge in [0, 0.05) is 13.1 Å². The van der Waals surface area contributed by atoms with E-state index in [1.165, 1.54) is 4.31 Å². The Morgan fingerprint density at radius 1 is 0.938 bits per heavy atom. The fourth-order valence-corrected chi connectivity index (χ4v) is 5.68. The van der Waals surface area contributed by atoms with Crippen molar-refractivity contribution in [2.45, 2.75) is 31.2 Å². The van der Waals surface area contributed by atoms with Gasteiger partial charge in [-0.05, 0) is 48.6 Å². The molecule has 0 saturated carbocycles. The zero-order valence-electron chi connectivity index (χ0n) is 18.2. The molecule has 1 aliphatic heterocycles. The highest BCUT2D eigenvalue weighted by molar-refractivity contribution is 7.92. The number of amides is 1. The minimum Gasteiger partial charge on any atom is -0.338 e. The average molecular weight is 449 g/mol. The van der Waals surface area contributed by atoms with Crippen molar-refractivity contribution >= 4 is 21.6 Å². The van der Waals surface area contributed by atoms with E-state index in [4.69, 9.17) is 0 Å².